The summed E-state index contributed by atoms with van der Waals surface area (Å²) in [5, 5.41) is 8.96. The lowest BCUT2D eigenvalue weighted by atomic mass is 10.1. The molecule has 24 heavy (non-hydrogen) atoms. The lowest BCUT2D eigenvalue weighted by molar-refractivity contribution is 0.602. The molecule has 4 nitrogen and oxygen atoms in total. The van der Waals surface area contributed by atoms with Crippen LogP contribution >= 0.6 is 23.5 Å². The van der Waals surface area contributed by atoms with Gasteiger partial charge in [-0.05, 0) is 19.1 Å². The Hall–Kier alpha value is -1.99. The van der Waals surface area contributed by atoms with E-state index >= 15 is 0 Å². The molecule has 3 aromatic rings. The van der Waals surface area contributed by atoms with Crippen molar-refractivity contribution in [3.05, 3.63) is 59.9 Å². The van der Waals surface area contributed by atoms with Crippen molar-refractivity contribution in [1.82, 2.24) is 14.9 Å². The monoisotopic (exact) mass is 360 g/mol. The van der Waals surface area contributed by atoms with Crippen LogP contribution in [0.3, 0.4) is 0 Å². The van der Waals surface area contributed by atoms with E-state index in [1.54, 1.807) is 12.1 Å². The Labute approximate surface area is 148 Å². The number of hydrogen-bond donors (Lipinski definition) is 1. The van der Waals surface area contributed by atoms with Gasteiger partial charge in [0, 0.05) is 22.0 Å². The largest absolute Gasteiger partial charge is 0.335 e. The van der Waals surface area contributed by atoms with E-state index in [1.165, 1.54) is 39.8 Å². The molecule has 0 fully saturated rings. The third kappa shape index (κ3) is 3.91. The summed E-state index contributed by atoms with van der Waals surface area (Å²) >= 11 is 2.99. The molecule has 3 rings (SSSR count). The van der Waals surface area contributed by atoms with E-state index in [-0.39, 0.29) is 5.82 Å². The fourth-order valence-electron chi connectivity index (χ4n) is 2.12. The molecule has 7 heteroatoms. The number of rotatable bonds is 6. The first-order chi connectivity index (χ1) is 11.6. The number of nitrogen functional groups attached to an aromatic ring is 1. The van der Waals surface area contributed by atoms with E-state index in [2.05, 4.69) is 10.2 Å². The quantitative estimate of drug-likeness (QED) is 0.409. The summed E-state index contributed by atoms with van der Waals surface area (Å²) in [4.78, 5) is 0.660. The highest BCUT2D eigenvalue weighted by Crippen LogP contribution is 2.25. The van der Waals surface area contributed by atoms with Crippen molar-refractivity contribution in [3.63, 3.8) is 0 Å². The zero-order valence-corrected chi connectivity index (χ0v) is 14.8. The van der Waals surface area contributed by atoms with E-state index in [9.17, 15) is 4.39 Å². The number of hydrogen-bond acceptors (Lipinski definition) is 5. The zero-order chi connectivity index (χ0) is 16.9. The average Bonchev–Trinajstić information content (AvgIpc) is 2.95. The van der Waals surface area contributed by atoms with Gasteiger partial charge in [-0.2, -0.15) is 0 Å². The molecule has 0 aliphatic carbocycles. The smallest absolute Gasteiger partial charge is 0.210 e. The highest BCUT2D eigenvalue weighted by Gasteiger charge is 2.12. The molecule has 0 saturated carbocycles. The molecule has 0 atom stereocenters. The maximum Gasteiger partial charge on any atom is 0.210 e. The number of nitrogens with two attached hydrogens (primary N) is 1. The molecule has 0 saturated heterocycles. The van der Waals surface area contributed by atoms with Crippen LogP contribution in [0, 0.1) is 12.7 Å². The van der Waals surface area contributed by atoms with Crippen molar-refractivity contribution in [1.29, 1.82) is 0 Å². The van der Waals surface area contributed by atoms with Gasteiger partial charge in [0.15, 0.2) is 5.82 Å². The van der Waals surface area contributed by atoms with Gasteiger partial charge < -0.3 is 5.84 Å². The van der Waals surface area contributed by atoms with Crippen LogP contribution in [-0.2, 0) is 0 Å². The summed E-state index contributed by atoms with van der Waals surface area (Å²) in [6.45, 7) is 2.03. The van der Waals surface area contributed by atoms with Gasteiger partial charge in [0.2, 0.25) is 5.16 Å². The first-order valence-corrected chi connectivity index (χ1v) is 9.40. The normalized spacial score (nSPS) is 10.9. The third-order valence-electron chi connectivity index (χ3n) is 3.38. The second kappa shape index (κ2) is 7.72. The fourth-order valence-corrected chi connectivity index (χ4v) is 3.90. The van der Waals surface area contributed by atoms with Crippen LogP contribution in [-0.4, -0.2) is 26.4 Å². The zero-order valence-electron chi connectivity index (χ0n) is 13.1. The molecule has 1 aromatic heterocycles. The Kier molecular flexibility index (Phi) is 5.42. The highest BCUT2D eigenvalue weighted by molar-refractivity contribution is 8.02. The Morgan fingerprint density at radius 2 is 1.71 bits per heavy atom. The Bertz CT molecular complexity index is 818. The lowest BCUT2D eigenvalue weighted by Gasteiger charge is -2.05. The van der Waals surface area contributed by atoms with E-state index in [0.717, 1.165) is 17.1 Å². The van der Waals surface area contributed by atoms with Crippen LogP contribution in [0.2, 0.25) is 0 Å². The van der Waals surface area contributed by atoms with E-state index in [1.807, 2.05) is 37.3 Å². The van der Waals surface area contributed by atoms with Crippen LogP contribution in [0.25, 0.3) is 11.4 Å². The minimum atomic E-state index is -0.184. The van der Waals surface area contributed by atoms with Crippen molar-refractivity contribution in [2.45, 2.75) is 17.0 Å². The Balaban J connectivity index is 1.58. The molecule has 0 amide bonds. The third-order valence-corrected chi connectivity index (χ3v) is 5.64. The summed E-state index contributed by atoms with van der Waals surface area (Å²) < 4.78 is 15.1. The summed E-state index contributed by atoms with van der Waals surface area (Å²) in [5.74, 6) is 8.08. The van der Waals surface area contributed by atoms with Gasteiger partial charge in [-0.15, -0.1) is 22.0 Å². The first kappa shape index (κ1) is 16.9. The lowest BCUT2D eigenvalue weighted by Crippen LogP contribution is -2.11. The van der Waals surface area contributed by atoms with E-state index in [4.69, 9.17) is 5.84 Å². The van der Waals surface area contributed by atoms with Crippen molar-refractivity contribution >= 4 is 23.5 Å². The van der Waals surface area contributed by atoms with Crippen LogP contribution in [0.4, 0.5) is 4.39 Å². The highest BCUT2D eigenvalue weighted by atomic mass is 32.2. The Morgan fingerprint density at radius 3 is 2.46 bits per heavy atom. The summed E-state index contributed by atoms with van der Waals surface area (Å²) in [5.41, 5.74) is 2.12. The minimum Gasteiger partial charge on any atom is -0.335 e. The standard InChI is InChI=1S/C17H17FN4S2/c1-12-6-8-13(9-7-12)16-20-21-17(22(16)19)24-11-10-23-15-5-3-2-4-14(15)18/h2-9H,10-11,19H2,1H3. The fraction of sp³-hybridized carbons (Fsp3) is 0.176. The first-order valence-electron chi connectivity index (χ1n) is 7.43. The number of aryl methyl sites for hydroxylation is 1. The van der Waals surface area contributed by atoms with Gasteiger partial charge >= 0.3 is 0 Å². The molecule has 1 heterocycles. The minimum absolute atomic E-state index is 0.184. The van der Waals surface area contributed by atoms with Crippen molar-refractivity contribution in [3.8, 4) is 11.4 Å². The molecule has 2 N–H and O–H groups in total. The number of aromatic nitrogens is 3. The topological polar surface area (TPSA) is 56.7 Å². The molecular formula is C17H17FN4S2. The molecule has 2 aromatic carbocycles. The summed E-state index contributed by atoms with van der Waals surface area (Å²) in [6, 6.07) is 14.8. The Morgan fingerprint density at radius 1 is 1.00 bits per heavy atom. The van der Waals surface area contributed by atoms with Crippen molar-refractivity contribution in [2.24, 2.45) is 0 Å². The maximum atomic E-state index is 13.5. The van der Waals surface area contributed by atoms with Crippen LogP contribution in [0.5, 0.6) is 0 Å². The molecule has 0 aliphatic rings. The summed E-state index contributed by atoms with van der Waals surface area (Å²) in [7, 11) is 0. The molecule has 0 aliphatic heterocycles. The number of nitrogens with zero attached hydrogens (tertiary/aromatic N) is 3. The molecule has 124 valence electrons. The SMILES string of the molecule is Cc1ccc(-c2nnc(SCCSc3ccccc3F)n2N)cc1. The van der Waals surface area contributed by atoms with Gasteiger partial charge in [0.1, 0.15) is 5.82 Å². The van der Waals surface area contributed by atoms with Gasteiger partial charge in [0.25, 0.3) is 0 Å². The molecule has 0 bridgehead atoms. The predicted octanol–water partition coefficient (Wildman–Crippen LogP) is 3.99. The van der Waals surface area contributed by atoms with E-state index < -0.39 is 0 Å². The van der Waals surface area contributed by atoms with Crippen molar-refractivity contribution in [2.75, 3.05) is 17.3 Å². The van der Waals surface area contributed by atoms with Crippen molar-refractivity contribution < 1.29 is 4.39 Å². The van der Waals surface area contributed by atoms with Gasteiger partial charge in [0.05, 0.1) is 0 Å². The molecule has 0 radical (unpaired) electrons. The maximum absolute atomic E-state index is 13.5. The summed E-state index contributed by atoms with van der Waals surface area (Å²) in [6.07, 6.45) is 0. The van der Waals surface area contributed by atoms with E-state index in [0.29, 0.717) is 15.9 Å². The van der Waals surface area contributed by atoms with Gasteiger partial charge in [-0.25, -0.2) is 9.07 Å². The number of benzene rings is 2. The second-order valence-electron chi connectivity index (χ2n) is 5.17. The van der Waals surface area contributed by atoms with Gasteiger partial charge in [-0.1, -0.05) is 53.7 Å². The number of halogens is 1. The molecule has 0 spiro atoms. The predicted molar refractivity (Wildman–Crippen MR) is 98.2 cm³/mol. The number of thioether (sulfide) groups is 2. The second-order valence-corrected chi connectivity index (χ2v) is 7.37. The molecular weight excluding hydrogens is 343 g/mol. The van der Waals surface area contributed by atoms with Crippen LogP contribution in [0.15, 0.2) is 58.6 Å². The van der Waals surface area contributed by atoms with Gasteiger partial charge in [-0.3, -0.25) is 0 Å². The molecule has 0 unspecified atom stereocenters. The average molecular weight is 360 g/mol. The van der Waals surface area contributed by atoms with Crippen LogP contribution < -0.4 is 5.84 Å². The van der Waals surface area contributed by atoms with Crippen LogP contribution in [0.1, 0.15) is 5.56 Å².